The van der Waals surface area contributed by atoms with Crippen molar-refractivity contribution in [3.8, 4) is 11.1 Å². The first-order chi connectivity index (χ1) is 16.6. The van der Waals surface area contributed by atoms with Crippen LogP contribution in [0.15, 0.2) is 42.9 Å². The first kappa shape index (κ1) is 24.3. The summed E-state index contributed by atoms with van der Waals surface area (Å²) in [5.74, 6) is -0.795. The van der Waals surface area contributed by atoms with Crippen LogP contribution >= 0.6 is 0 Å². The second-order valence-electron chi connectivity index (χ2n) is 7.85. The maximum atomic E-state index is 14.4. The third-order valence-electron chi connectivity index (χ3n) is 5.37. The van der Waals surface area contributed by atoms with E-state index in [1.165, 1.54) is 42.5 Å². The summed E-state index contributed by atoms with van der Waals surface area (Å²) in [5, 5.41) is 12.9. The topological polar surface area (TPSA) is 113 Å². The number of hydrogen-bond donors (Lipinski definition) is 2. The number of amides is 1. The minimum Gasteiger partial charge on any atom is -0.447 e. The Labute approximate surface area is 196 Å². The molecule has 13 heteroatoms. The molecule has 1 aromatic carbocycles. The number of nitrogens with zero attached hydrogens (tertiary/aromatic N) is 5. The third kappa shape index (κ3) is 4.99. The summed E-state index contributed by atoms with van der Waals surface area (Å²) in [6.45, 7) is 3.25. The lowest BCUT2D eigenvalue weighted by Crippen LogP contribution is -2.41. The lowest BCUT2D eigenvalue weighted by atomic mass is 10.0. The van der Waals surface area contributed by atoms with Gasteiger partial charge in [0.2, 0.25) is 5.95 Å². The number of aliphatic hydroxyl groups is 1. The number of cyclic esters (lactones) is 1. The summed E-state index contributed by atoms with van der Waals surface area (Å²) in [5.41, 5.74) is -1.56. The third-order valence-corrected chi connectivity index (χ3v) is 5.37. The Morgan fingerprint density at radius 3 is 2.54 bits per heavy atom. The SMILES string of the molecule is C[C@H](Nc1nccc(N2C(=O)OCC2[C@@H](C)O)n1)c1ncc(-c2cccc(C(F)(F)F)c2F)cn1. The molecule has 1 aliphatic rings. The molecule has 184 valence electrons. The maximum Gasteiger partial charge on any atom is 0.419 e. The highest BCUT2D eigenvalue weighted by atomic mass is 19.4. The van der Waals surface area contributed by atoms with Gasteiger partial charge >= 0.3 is 12.3 Å². The molecular weight excluding hydrogens is 472 g/mol. The number of alkyl halides is 3. The van der Waals surface area contributed by atoms with Crippen LogP contribution < -0.4 is 10.2 Å². The molecule has 0 bridgehead atoms. The average molecular weight is 492 g/mol. The minimum absolute atomic E-state index is 0.0202. The minimum atomic E-state index is -4.82. The Balaban J connectivity index is 1.52. The van der Waals surface area contributed by atoms with Crippen molar-refractivity contribution in [1.82, 2.24) is 19.9 Å². The molecule has 9 nitrogen and oxygen atoms in total. The molecule has 3 heterocycles. The van der Waals surface area contributed by atoms with E-state index in [0.717, 1.165) is 6.07 Å². The Bertz CT molecular complexity index is 1220. The first-order valence-electron chi connectivity index (χ1n) is 10.5. The number of ether oxygens (including phenoxy) is 1. The fraction of sp³-hybridized carbons (Fsp3) is 0.318. The molecule has 0 radical (unpaired) electrons. The van der Waals surface area contributed by atoms with Gasteiger partial charge in [-0.05, 0) is 26.0 Å². The van der Waals surface area contributed by atoms with Gasteiger partial charge in [0.05, 0.1) is 17.7 Å². The van der Waals surface area contributed by atoms with Crippen molar-refractivity contribution in [2.75, 3.05) is 16.8 Å². The van der Waals surface area contributed by atoms with E-state index in [2.05, 4.69) is 25.3 Å². The number of carbonyl (C=O) groups excluding carboxylic acids is 1. The number of aromatic nitrogens is 4. The number of hydrogen-bond acceptors (Lipinski definition) is 8. The summed E-state index contributed by atoms with van der Waals surface area (Å²) < 4.78 is 58.4. The molecule has 3 atom stereocenters. The second-order valence-corrected chi connectivity index (χ2v) is 7.85. The molecule has 2 N–H and O–H groups in total. The zero-order valence-electron chi connectivity index (χ0n) is 18.5. The molecule has 0 aliphatic carbocycles. The molecule has 35 heavy (non-hydrogen) atoms. The van der Waals surface area contributed by atoms with E-state index in [1.807, 2.05) is 0 Å². The standard InChI is InChI=1S/C22H20F4N6O3/c1-11(30-20-27-7-6-17(31-20)32-16(12(2)33)10-35-21(32)34)19-28-8-13(9-29-19)14-4-3-5-15(18(14)23)22(24,25)26/h3-9,11-12,16,33H,10H2,1-2H3,(H,27,30,31)/t11-,12+,16?/m0/s1. The summed E-state index contributed by atoms with van der Waals surface area (Å²) in [6.07, 6.45) is -2.44. The zero-order valence-corrected chi connectivity index (χ0v) is 18.5. The van der Waals surface area contributed by atoms with Gasteiger partial charge in [-0.1, -0.05) is 12.1 Å². The van der Waals surface area contributed by atoms with Gasteiger partial charge in [0, 0.05) is 29.7 Å². The van der Waals surface area contributed by atoms with Gasteiger partial charge in [-0.25, -0.2) is 24.1 Å². The van der Waals surface area contributed by atoms with Crippen LogP contribution in [0.5, 0.6) is 0 Å². The highest BCUT2D eigenvalue weighted by molar-refractivity contribution is 5.89. The van der Waals surface area contributed by atoms with E-state index in [9.17, 15) is 27.5 Å². The van der Waals surface area contributed by atoms with Crippen molar-refractivity contribution in [2.45, 2.75) is 38.2 Å². The fourth-order valence-electron chi connectivity index (χ4n) is 3.54. The number of carbonyl (C=O) groups is 1. The van der Waals surface area contributed by atoms with Crippen LogP contribution in [0.25, 0.3) is 11.1 Å². The largest absolute Gasteiger partial charge is 0.447 e. The lowest BCUT2D eigenvalue weighted by Gasteiger charge is -2.23. The number of aliphatic hydroxyl groups excluding tert-OH is 1. The molecule has 1 amide bonds. The van der Waals surface area contributed by atoms with Crippen molar-refractivity contribution >= 4 is 17.9 Å². The smallest absolute Gasteiger partial charge is 0.419 e. The number of benzene rings is 1. The van der Waals surface area contributed by atoms with Gasteiger partial charge in [-0.15, -0.1) is 0 Å². The number of nitrogens with one attached hydrogen (secondary N) is 1. The van der Waals surface area contributed by atoms with Crippen molar-refractivity contribution < 1.29 is 32.2 Å². The van der Waals surface area contributed by atoms with Crippen LogP contribution in [0.4, 0.5) is 34.1 Å². The predicted molar refractivity (Wildman–Crippen MR) is 116 cm³/mol. The number of rotatable bonds is 6. The predicted octanol–water partition coefficient (Wildman–Crippen LogP) is 3.97. The van der Waals surface area contributed by atoms with Gasteiger partial charge in [0.15, 0.2) is 0 Å². The van der Waals surface area contributed by atoms with Gasteiger partial charge < -0.3 is 15.2 Å². The van der Waals surface area contributed by atoms with Crippen LogP contribution in [-0.2, 0) is 10.9 Å². The van der Waals surface area contributed by atoms with Crippen molar-refractivity contribution in [1.29, 1.82) is 0 Å². The fourth-order valence-corrected chi connectivity index (χ4v) is 3.54. The van der Waals surface area contributed by atoms with E-state index in [-0.39, 0.29) is 35.3 Å². The first-order valence-corrected chi connectivity index (χ1v) is 10.5. The Hall–Kier alpha value is -3.87. The molecular formula is C22H20F4N6O3. The Morgan fingerprint density at radius 2 is 1.89 bits per heavy atom. The summed E-state index contributed by atoms with van der Waals surface area (Å²) in [4.78, 5) is 30.0. The van der Waals surface area contributed by atoms with E-state index in [1.54, 1.807) is 6.92 Å². The zero-order chi connectivity index (χ0) is 25.3. The van der Waals surface area contributed by atoms with Crippen molar-refractivity contribution in [2.24, 2.45) is 0 Å². The molecule has 1 unspecified atom stereocenters. The molecule has 1 aliphatic heterocycles. The van der Waals surface area contributed by atoms with Gasteiger partial charge in [-0.3, -0.25) is 4.90 Å². The van der Waals surface area contributed by atoms with E-state index < -0.39 is 41.8 Å². The lowest BCUT2D eigenvalue weighted by molar-refractivity contribution is -0.139. The monoisotopic (exact) mass is 492 g/mol. The molecule has 1 saturated heterocycles. The molecule has 1 fully saturated rings. The molecule has 2 aromatic heterocycles. The van der Waals surface area contributed by atoms with E-state index in [4.69, 9.17) is 4.74 Å². The van der Waals surface area contributed by atoms with Crippen molar-refractivity contribution in [3.63, 3.8) is 0 Å². The van der Waals surface area contributed by atoms with Gasteiger partial charge in [0.25, 0.3) is 0 Å². The molecule has 0 spiro atoms. The van der Waals surface area contributed by atoms with Gasteiger partial charge in [0.1, 0.15) is 30.1 Å². The number of halogens is 4. The molecule has 3 aromatic rings. The highest BCUT2D eigenvalue weighted by Gasteiger charge is 2.38. The molecule has 4 rings (SSSR count). The van der Waals surface area contributed by atoms with Crippen LogP contribution in [-0.4, -0.2) is 49.9 Å². The van der Waals surface area contributed by atoms with Gasteiger partial charge in [-0.2, -0.15) is 18.2 Å². The van der Waals surface area contributed by atoms with Crippen molar-refractivity contribution in [3.05, 3.63) is 60.1 Å². The Kier molecular flexibility index (Phi) is 6.52. The van der Waals surface area contributed by atoms with Crippen LogP contribution in [0, 0.1) is 5.82 Å². The van der Waals surface area contributed by atoms with E-state index in [0.29, 0.717) is 6.07 Å². The molecule has 0 saturated carbocycles. The average Bonchev–Trinajstić information content (AvgIpc) is 3.20. The maximum absolute atomic E-state index is 14.4. The summed E-state index contributed by atoms with van der Waals surface area (Å²) >= 11 is 0. The normalized spacial score (nSPS) is 17.7. The van der Waals surface area contributed by atoms with Crippen LogP contribution in [0.2, 0.25) is 0 Å². The van der Waals surface area contributed by atoms with Crippen LogP contribution in [0.3, 0.4) is 0 Å². The highest BCUT2D eigenvalue weighted by Crippen LogP contribution is 2.35. The van der Waals surface area contributed by atoms with E-state index >= 15 is 0 Å². The number of anilines is 2. The quantitative estimate of drug-likeness (QED) is 0.497. The second kappa shape index (κ2) is 9.41. The summed E-state index contributed by atoms with van der Waals surface area (Å²) in [6, 6.07) is 3.33. The Morgan fingerprint density at radius 1 is 1.17 bits per heavy atom. The van der Waals surface area contributed by atoms with Crippen LogP contribution in [0.1, 0.15) is 31.3 Å². The summed E-state index contributed by atoms with van der Waals surface area (Å²) in [7, 11) is 0.